The molecule has 1 aromatic heterocycles. The summed E-state index contributed by atoms with van der Waals surface area (Å²) in [6, 6.07) is -2.80. The highest BCUT2D eigenvalue weighted by molar-refractivity contribution is 6.38. The zero-order valence-electron chi connectivity index (χ0n) is 28.7. The topological polar surface area (TPSA) is 180 Å². The van der Waals surface area contributed by atoms with Crippen LogP contribution in [0.2, 0.25) is 0 Å². The van der Waals surface area contributed by atoms with Crippen molar-refractivity contribution in [2.24, 2.45) is 17.3 Å². The number of carbonyl (C=O) groups excluding carboxylic acids is 6. The van der Waals surface area contributed by atoms with Crippen LogP contribution in [0.1, 0.15) is 115 Å². The van der Waals surface area contributed by atoms with Crippen LogP contribution in [-0.2, 0) is 24.0 Å². The van der Waals surface area contributed by atoms with Gasteiger partial charge in [0.2, 0.25) is 23.5 Å². The number of aromatic nitrogens is 2. The van der Waals surface area contributed by atoms with Crippen molar-refractivity contribution < 1.29 is 28.8 Å². The number of likely N-dealkylation sites (tertiary alicyclic amines) is 1. The number of amides is 5. The van der Waals surface area contributed by atoms with E-state index in [1.807, 2.05) is 27.7 Å². The predicted molar refractivity (Wildman–Crippen MR) is 176 cm³/mol. The highest BCUT2D eigenvalue weighted by Gasteiger charge is 2.53. The van der Waals surface area contributed by atoms with Gasteiger partial charge in [0.15, 0.2) is 0 Å². The minimum atomic E-state index is -1.23. The Morgan fingerprint density at radius 3 is 2.31 bits per heavy atom. The molecule has 1 aromatic rings. The quantitative estimate of drug-likeness (QED) is 0.245. The molecule has 2 heterocycles. The van der Waals surface area contributed by atoms with Crippen molar-refractivity contribution in [2.45, 2.75) is 134 Å². The molecule has 262 valence electrons. The monoisotopic (exact) mass is 665 g/mol. The minimum Gasteiger partial charge on any atom is -0.347 e. The third-order valence-electron chi connectivity index (χ3n) is 10.5. The summed E-state index contributed by atoms with van der Waals surface area (Å²) in [5, 5.41) is 11.5. The van der Waals surface area contributed by atoms with E-state index in [0.29, 0.717) is 32.2 Å². The van der Waals surface area contributed by atoms with E-state index in [9.17, 15) is 28.8 Å². The number of carbonyl (C=O) groups is 6. The summed E-state index contributed by atoms with van der Waals surface area (Å²) in [5.41, 5.74) is -1.87. The molecular weight excluding hydrogens is 614 g/mol. The fourth-order valence-corrected chi connectivity index (χ4v) is 7.67. The van der Waals surface area contributed by atoms with Crippen molar-refractivity contribution in [3.05, 3.63) is 24.3 Å². The molecule has 0 radical (unpaired) electrons. The molecule has 0 spiro atoms. The molecule has 5 atom stereocenters. The summed E-state index contributed by atoms with van der Waals surface area (Å²) >= 11 is 0. The molecule has 13 heteroatoms. The molecule has 5 rings (SSSR count). The summed E-state index contributed by atoms with van der Waals surface area (Å²) in [7, 11) is 0. The number of fused-ring (bicyclic) bond motifs is 1. The maximum atomic E-state index is 14.6. The molecule has 4 aliphatic rings. The molecular formula is C35H51N7O6. The molecule has 3 saturated carbocycles. The number of rotatable bonds is 12. The lowest BCUT2D eigenvalue weighted by Gasteiger charge is -2.41. The molecule has 0 unspecified atom stereocenters. The average Bonchev–Trinajstić information content (AvgIpc) is 3.63. The van der Waals surface area contributed by atoms with E-state index in [4.69, 9.17) is 0 Å². The molecule has 0 aromatic carbocycles. The first-order valence-corrected chi connectivity index (χ1v) is 17.7. The molecule has 5 amide bonds. The van der Waals surface area contributed by atoms with Gasteiger partial charge < -0.3 is 26.2 Å². The summed E-state index contributed by atoms with van der Waals surface area (Å²) in [4.78, 5) is 91.4. The van der Waals surface area contributed by atoms with E-state index < -0.39 is 58.5 Å². The first-order valence-electron chi connectivity index (χ1n) is 17.7. The van der Waals surface area contributed by atoms with Crippen molar-refractivity contribution in [1.82, 2.24) is 36.1 Å². The second-order valence-corrected chi connectivity index (χ2v) is 15.2. The van der Waals surface area contributed by atoms with Gasteiger partial charge in [0.05, 0.1) is 12.2 Å². The summed E-state index contributed by atoms with van der Waals surface area (Å²) in [6.07, 6.45) is 12.6. The van der Waals surface area contributed by atoms with Gasteiger partial charge in [-0.15, -0.1) is 0 Å². The van der Waals surface area contributed by atoms with E-state index in [0.717, 1.165) is 51.4 Å². The number of nitrogens with zero attached hydrogens (tertiary/aromatic N) is 3. The Labute approximate surface area is 282 Å². The number of ketones is 1. The lowest BCUT2D eigenvalue weighted by molar-refractivity contribution is -0.146. The summed E-state index contributed by atoms with van der Waals surface area (Å²) in [6.45, 7) is 7.84. The van der Waals surface area contributed by atoms with Crippen LogP contribution < -0.4 is 21.3 Å². The third kappa shape index (κ3) is 7.86. The Hall–Kier alpha value is -3.90. The second-order valence-electron chi connectivity index (χ2n) is 15.2. The van der Waals surface area contributed by atoms with Crippen molar-refractivity contribution in [3.8, 4) is 0 Å². The van der Waals surface area contributed by atoms with Gasteiger partial charge in [-0.05, 0) is 62.2 Å². The highest BCUT2D eigenvalue weighted by Crippen LogP contribution is 2.43. The molecule has 13 nitrogen and oxygen atoms in total. The summed E-state index contributed by atoms with van der Waals surface area (Å²) in [5.74, 6) is -3.09. The first-order chi connectivity index (χ1) is 22.8. The largest absolute Gasteiger partial charge is 0.347 e. The van der Waals surface area contributed by atoms with Crippen molar-refractivity contribution in [1.29, 1.82) is 0 Å². The number of hydrogen-bond donors (Lipinski definition) is 4. The number of Topliss-reactive ketones (excluding diaryl/α,β-unsaturated/α-hetero) is 1. The maximum Gasteiger partial charge on any atom is 0.289 e. The zero-order chi connectivity index (χ0) is 34.6. The second kappa shape index (κ2) is 14.7. The van der Waals surface area contributed by atoms with Crippen LogP contribution in [0, 0.1) is 17.3 Å². The van der Waals surface area contributed by atoms with Gasteiger partial charge in [-0.2, -0.15) is 0 Å². The third-order valence-corrected chi connectivity index (χ3v) is 10.5. The standard InChI is InChI=1S/C35H51N7O6/c1-5-10-24(27(43)31(46)38-22-13-14-22)39-30(45)26-23-12-9-11-21(23)20-42(26)32(47)28(34(2,3)4)40-33(48)35(15-7-6-8-16-35)41-29(44)25-19-36-17-18-37-25/h17-19,21-24,26,28H,5-16,20H2,1-4H3,(H,38,46)(H,39,45)(H,40,48)(H,41,44)/t21-,23-,24-,26-,28+/m0/s1. The summed E-state index contributed by atoms with van der Waals surface area (Å²) < 4.78 is 0. The molecule has 4 fully saturated rings. The van der Waals surface area contributed by atoms with Gasteiger partial charge in [0, 0.05) is 25.0 Å². The van der Waals surface area contributed by atoms with Gasteiger partial charge in [0.1, 0.15) is 23.3 Å². The van der Waals surface area contributed by atoms with E-state index in [1.54, 1.807) is 4.90 Å². The Bertz CT molecular complexity index is 1390. The van der Waals surface area contributed by atoms with Crippen molar-refractivity contribution in [3.63, 3.8) is 0 Å². The number of nitrogens with one attached hydrogen (secondary N) is 4. The van der Waals surface area contributed by atoms with Crippen LogP contribution >= 0.6 is 0 Å². The van der Waals surface area contributed by atoms with Crippen LogP contribution in [0.5, 0.6) is 0 Å². The lowest BCUT2D eigenvalue weighted by Crippen LogP contribution is -2.65. The van der Waals surface area contributed by atoms with Crippen molar-refractivity contribution in [2.75, 3.05) is 6.54 Å². The molecule has 3 aliphatic carbocycles. The van der Waals surface area contributed by atoms with E-state index >= 15 is 0 Å². The van der Waals surface area contributed by atoms with Crippen LogP contribution in [0.25, 0.3) is 0 Å². The molecule has 48 heavy (non-hydrogen) atoms. The van der Waals surface area contributed by atoms with Gasteiger partial charge in [-0.3, -0.25) is 33.8 Å². The van der Waals surface area contributed by atoms with Crippen LogP contribution in [0.3, 0.4) is 0 Å². The van der Waals surface area contributed by atoms with E-state index in [2.05, 4.69) is 31.2 Å². The van der Waals surface area contributed by atoms with Gasteiger partial charge in [0.25, 0.3) is 11.8 Å². The van der Waals surface area contributed by atoms with Crippen molar-refractivity contribution >= 4 is 35.3 Å². The van der Waals surface area contributed by atoms with Crippen LogP contribution in [-0.4, -0.2) is 86.4 Å². The van der Waals surface area contributed by atoms with E-state index in [1.165, 1.54) is 18.6 Å². The smallest absolute Gasteiger partial charge is 0.289 e. The molecule has 1 saturated heterocycles. The zero-order valence-corrected chi connectivity index (χ0v) is 28.7. The Morgan fingerprint density at radius 2 is 1.69 bits per heavy atom. The van der Waals surface area contributed by atoms with Gasteiger partial charge in [-0.25, -0.2) is 4.98 Å². The average molecular weight is 666 g/mol. The highest BCUT2D eigenvalue weighted by atomic mass is 16.2. The molecule has 1 aliphatic heterocycles. The Morgan fingerprint density at radius 1 is 0.958 bits per heavy atom. The maximum absolute atomic E-state index is 14.6. The fourth-order valence-electron chi connectivity index (χ4n) is 7.67. The normalized spacial score (nSPS) is 24.5. The van der Waals surface area contributed by atoms with Gasteiger partial charge >= 0.3 is 0 Å². The van der Waals surface area contributed by atoms with Crippen LogP contribution in [0.4, 0.5) is 0 Å². The fraction of sp³-hybridized carbons (Fsp3) is 0.714. The first kappa shape index (κ1) is 35.4. The van der Waals surface area contributed by atoms with E-state index in [-0.39, 0.29) is 29.5 Å². The minimum absolute atomic E-state index is 0.0132. The predicted octanol–water partition coefficient (Wildman–Crippen LogP) is 2.20. The Balaban J connectivity index is 1.36. The molecule has 0 bridgehead atoms. The molecule has 4 N–H and O–H groups in total. The lowest BCUT2D eigenvalue weighted by atomic mass is 9.79. The Kier molecular flexibility index (Phi) is 10.8. The SMILES string of the molecule is CCC[C@H](NC(=O)[C@@H]1[C@H]2CCC[C@H]2CN1C(=O)[C@@H](NC(=O)C1(NC(=O)c2cnccn2)CCCCC1)C(C)(C)C)C(=O)C(=O)NC1CC1. The van der Waals surface area contributed by atoms with Crippen LogP contribution in [0.15, 0.2) is 18.6 Å². The van der Waals surface area contributed by atoms with Gasteiger partial charge in [-0.1, -0.05) is 59.8 Å². The number of hydrogen-bond acceptors (Lipinski definition) is 8.